The SMILES string of the molecule is CC1(C)COC(=O)C1OC(=O)C=Cc1cccc(CN2OC3C4OC(c5ccccc5)(c5ccccc5)OC4C4CC3(C(=O)NCCO)C2C(=O)O4)c1. The van der Waals surface area contributed by atoms with Crippen LogP contribution >= 0.6 is 0 Å². The number of rotatable bonds is 10. The Morgan fingerprint density at radius 1 is 0.943 bits per heavy atom. The number of benzene rings is 3. The number of aliphatic hydroxyl groups excluding tert-OH is 1. The lowest BCUT2D eigenvalue weighted by atomic mass is 9.62. The highest BCUT2D eigenvalue weighted by Gasteiger charge is 2.76. The van der Waals surface area contributed by atoms with Gasteiger partial charge in [0.1, 0.15) is 36.4 Å². The molecule has 13 nitrogen and oxygen atoms in total. The zero-order valence-corrected chi connectivity index (χ0v) is 29.2. The lowest BCUT2D eigenvalue weighted by molar-refractivity contribution is -0.213. The number of esters is 3. The van der Waals surface area contributed by atoms with Crippen molar-refractivity contribution in [1.82, 2.24) is 10.4 Å². The molecule has 13 heteroatoms. The molecule has 1 saturated carbocycles. The van der Waals surface area contributed by atoms with E-state index >= 15 is 0 Å². The first kappa shape index (κ1) is 35.1. The third-order valence-electron chi connectivity index (χ3n) is 10.7. The van der Waals surface area contributed by atoms with E-state index in [0.717, 1.165) is 11.1 Å². The van der Waals surface area contributed by atoms with Gasteiger partial charge in [-0.3, -0.25) is 14.4 Å². The van der Waals surface area contributed by atoms with Crippen molar-refractivity contribution in [2.45, 2.75) is 69.2 Å². The summed E-state index contributed by atoms with van der Waals surface area (Å²) in [6.07, 6.45) is -1.47. The molecule has 53 heavy (non-hydrogen) atoms. The van der Waals surface area contributed by atoms with Gasteiger partial charge < -0.3 is 34.1 Å². The predicted molar refractivity (Wildman–Crippen MR) is 185 cm³/mol. The number of hydroxylamine groups is 2. The van der Waals surface area contributed by atoms with Crippen LogP contribution in [-0.2, 0) is 60.0 Å². The molecule has 3 aromatic rings. The van der Waals surface area contributed by atoms with Crippen LogP contribution in [0.25, 0.3) is 6.08 Å². The van der Waals surface area contributed by atoms with Crippen molar-refractivity contribution < 1.29 is 52.8 Å². The smallest absolute Gasteiger partial charge is 0.348 e. The molecule has 276 valence electrons. The summed E-state index contributed by atoms with van der Waals surface area (Å²) < 4.78 is 30.4. The fourth-order valence-electron chi connectivity index (χ4n) is 8.25. The van der Waals surface area contributed by atoms with Gasteiger partial charge in [0.05, 0.1) is 13.2 Å². The number of cyclic esters (lactones) is 1. The van der Waals surface area contributed by atoms with Crippen molar-refractivity contribution in [3.63, 3.8) is 0 Å². The lowest BCUT2D eigenvalue weighted by Crippen LogP contribution is -2.69. The summed E-state index contributed by atoms with van der Waals surface area (Å²) in [5, 5.41) is 13.9. The van der Waals surface area contributed by atoms with Crippen molar-refractivity contribution in [3.8, 4) is 0 Å². The molecule has 4 heterocycles. The first-order valence-corrected chi connectivity index (χ1v) is 17.7. The van der Waals surface area contributed by atoms with Gasteiger partial charge in [-0.05, 0) is 17.2 Å². The molecule has 2 N–H and O–H groups in total. The van der Waals surface area contributed by atoms with Crippen molar-refractivity contribution >= 4 is 29.9 Å². The number of fused-ring (bicyclic) bond motifs is 4. The van der Waals surface area contributed by atoms with Gasteiger partial charge >= 0.3 is 17.9 Å². The van der Waals surface area contributed by atoms with E-state index in [2.05, 4.69) is 5.32 Å². The quantitative estimate of drug-likeness (QED) is 0.179. The summed E-state index contributed by atoms with van der Waals surface area (Å²) in [4.78, 5) is 59.7. The lowest BCUT2D eigenvalue weighted by Gasteiger charge is -2.48. The average Bonchev–Trinajstić information content (AvgIpc) is 3.82. The van der Waals surface area contributed by atoms with E-state index in [0.29, 0.717) is 11.1 Å². The minimum atomic E-state index is -1.43. The summed E-state index contributed by atoms with van der Waals surface area (Å²) in [6.45, 7) is 3.51. The first-order chi connectivity index (χ1) is 25.6. The molecule has 7 unspecified atom stereocenters. The van der Waals surface area contributed by atoms with Gasteiger partial charge in [-0.1, -0.05) is 98.8 Å². The maximum Gasteiger partial charge on any atom is 0.348 e. The molecule has 0 aromatic heterocycles. The standard InChI is InChI=1S/C40H40N2O11/c1-38(2)23-48-36(46)34(38)50-29(44)17-16-24-10-9-11-25(20-24)22-42-32-35(45)49-28-21-39(32,37(47)41-18-19-43)33(53-42)31-30(28)51-40(52-31,26-12-5-3-6-13-26)27-14-7-4-8-15-27/h3-17,20,28,30-34,43H,18-19,21-23H2,1-2H3,(H,41,47). The summed E-state index contributed by atoms with van der Waals surface area (Å²) in [5.41, 5.74) is 0.747. The van der Waals surface area contributed by atoms with Gasteiger partial charge in [-0.2, -0.15) is 5.06 Å². The van der Waals surface area contributed by atoms with Crippen LogP contribution in [0, 0.1) is 10.8 Å². The Bertz CT molecular complexity index is 1900. The summed E-state index contributed by atoms with van der Waals surface area (Å²) in [6, 6.07) is 25.0. The minimum absolute atomic E-state index is 0.0145. The number of ether oxygens (including phenoxy) is 5. The Kier molecular flexibility index (Phi) is 8.94. The van der Waals surface area contributed by atoms with E-state index in [9.17, 15) is 24.3 Å². The largest absolute Gasteiger partial charge is 0.462 e. The number of amides is 1. The molecule has 1 amide bonds. The molecule has 1 aliphatic carbocycles. The van der Waals surface area contributed by atoms with Crippen molar-refractivity contribution in [1.29, 1.82) is 0 Å². The Morgan fingerprint density at radius 2 is 1.64 bits per heavy atom. The highest BCUT2D eigenvalue weighted by atomic mass is 16.8. The second-order valence-electron chi connectivity index (χ2n) is 14.7. The van der Waals surface area contributed by atoms with Gasteiger partial charge in [0.15, 0.2) is 6.04 Å². The highest BCUT2D eigenvalue weighted by Crippen LogP contribution is 2.59. The molecule has 0 radical (unpaired) electrons. The number of carbonyl (C=O) groups is 4. The second-order valence-corrected chi connectivity index (χ2v) is 14.7. The third-order valence-corrected chi connectivity index (χ3v) is 10.7. The van der Waals surface area contributed by atoms with Gasteiger partial charge in [-0.25, -0.2) is 9.59 Å². The monoisotopic (exact) mass is 724 g/mol. The molecule has 7 atom stereocenters. The number of hydrogen-bond donors (Lipinski definition) is 2. The van der Waals surface area contributed by atoms with Crippen LogP contribution in [-0.4, -0.2) is 90.3 Å². The molecular formula is C40H40N2O11. The van der Waals surface area contributed by atoms with Crippen LogP contribution in [0.3, 0.4) is 0 Å². The van der Waals surface area contributed by atoms with Crippen LogP contribution in [0.4, 0.5) is 0 Å². The van der Waals surface area contributed by atoms with Crippen molar-refractivity contribution in [3.05, 3.63) is 113 Å². The molecule has 5 fully saturated rings. The van der Waals surface area contributed by atoms with Crippen LogP contribution < -0.4 is 5.32 Å². The third kappa shape index (κ3) is 5.92. The van der Waals surface area contributed by atoms with Crippen LogP contribution in [0.15, 0.2) is 91.0 Å². The Balaban J connectivity index is 1.10. The van der Waals surface area contributed by atoms with E-state index < -0.39 is 77.0 Å². The minimum Gasteiger partial charge on any atom is -0.462 e. The number of aliphatic hydroxyl groups is 1. The van der Waals surface area contributed by atoms with E-state index in [1.807, 2.05) is 72.8 Å². The fourth-order valence-corrected chi connectivity index (χ4v) is 8.25. The zero-order chi connectivity index (χ0) is 37.0. The fraction of sp³-hybridized carbons (Fsp3) is 0.400. The Morgan fingerprint density at radius 3 is 2.30 bits per heavy atom. The van der Waals surface area contributed by atoms with E-state index in [1.165, 1.54) is 11.1 Å². The second kappa shape index (κ2) is 13.5. The predicted octanol–water partition coefficient (Wildman–Crippen LogP) is 2.79. The molecule has 2 bridgehead atoms. The molecule has 4 saturated heterocycles. The maximum atomic E-state index is 14.3. The summed E-state index contributed by atoms with van der Waals surface area (Å²) >= 11 is 0. The average molecular weight is 725 g/mol. The summed E-state index contributed by atoms with van der Waals surface area (Å²) in [5.74, 6) is -3.73. The van der Waals surface area contributed by atoms with Gasteiger partial charge in [0.2, 0.25) is 17.8 Å². The number of hydrogen-bond acceptors (Lipinski definition) is 12. The molecule has 3 aromatic carbocycles. The van der Waals surface area contributed by atoms with Crippen molar-refractivity contribution in [2.75, 3.05) is 19.8 Å². The van der Waals surface area contributed by atoms with Gasteiger partial charge in [0.25, 0.3) is 0 Å². The normalized spacial score (nSPS) is 30.8. The zero-order valence-electron chi connectivity index (χ0n) is 29.2. The molecule has 5 aliphatic rings. The first-order valence-electron chi connectivity index (χ1n) is 17.7. The number of carbonyl (C=O) groups excluding carboxylic acids is 4. The van der Waals surface area contributed by atoms with Crippen LogP contribution in [0.5, 0.6) is 0 Å². The number of nitrogens with zero attached hydrogens (tertiary/aromatic N) is 1. The Labute approximate surface area is 305 Å². The molecule has 4 aliphatic heterocycles. The topological polar surface area (TPSA) is 159 Å². The van der Waals surface area contributed by atoms with E-state index in [4.69, 9.17) is 28.5 Å². The molecular weight excluding hydrogens is 684 g/mol. The van der Waals surface area contributed by atoms with Crippen LogP contribution in [0.2, 0.25) is 0 Å². The molecule has 0 spiro atoms. The van der Waals surface area contributed by atoms with E-state index in [-0.39, 0.29) is 32.7 Å². The Hall–Kier alpha value is -4.92. The maximum absolute atomic E-state index is 14.3. The highest BCUT2D eigenvalue weighted by molar-refractivity contribution is 5.94. The number of nitrogens with one attached hydrogen (secondary N) is 1. The van der Waals surface area contributed by atoms with Gasteiger partial charge in [0, 0.05) is 35.6 Å². The summed E-state index contributed by atoms with van der Waals surface area (Å²) in [7, 11) is 0. The van der Waals surface area contributed by atoms with Crippen LogP contribution in [0.1, 0.15) is 42.5 Å². The van der Waals surface area contributed by atoms with E-state index in [1.54, 1.807) is 32.1 Å². The van der Waals surface area contributed by atoms with Gasteiger partial charge in [-0.15, -0.1) is 0 Å². The van der Waals surface area contributed by atoms with Crippen molar-refractivity contribution in [2.24, 2.45) is 10.8 Å². The molecule has 8 rings (SSSR count).